The smallest absolute Gasteiger partial charge is 0.243 e. The number of hydrogen-bond donors (Lipinski definition) is 1. The molecule has 2 aliphatic rings. The molecule has 1 heterocycles. The number of fused-ring (bicyclic) bond motifs is 1. The third-order valence-corrected chi connectivity index (χ3v) is 8.81. The summed E-state index contributed by atoms with van der Waals surface area (Å²) in [6.07, 6.45) is 3.57. The van der Waals surface area contributed by atoms with Crippen molar-refractivity contribution in [3.8, 4) is 11.5 Å². The average Bonchev–Trinajstić information content (AvgIpc) is 3.33. The van der Waals surface area contributed by atoms with Crippen LogP contribution in [0.2, 0.25) is 0 Å². The van der Waals surface area contributed by atoms with Gasteiger partial charge in [0, 0.05) is 19.6 Å². The summed E-state index contributed by atoms with van der Waals surface area (Å²) in [6.45, 7) is 5.05. The Bertz CT molecular complexity index is 1110. The Hall–Kier alpha value is -2.58. The van der Waals surface area contributed by atoms with Crippen LogP contribution in [0.1, 0.15) is 50.7 Å². The van der Waals surface area contributed by atoms with Gasteiger partial charge in [-0.2, -0.15) is 4.31 Å². The highest BCUT2D eigenvalue weighted by molar-refractivity contribution is 7.89. The zero-order chi connectivity index (χ0) is 23.6. The number of benzene rings is 2. The summed E-state index contributed by atoms with van der Waals surface area (Å²) in [5, 5.41) is 3.09. The van der Waals surface area contributed by atoms with E-state index in [9.17, 15) is 13.2 Å². The Morgan fingerprint density at radius 3 is 2.30 bits per heavy atom. The van der Waals surface area contributed by atoms with E-state index >= 15 is 0 Å². The third-order valence-electron chi connectivity index (χ3n) is 6.77. The molecule has 0 saturated heterocycles. The molecule has 1 aliphatic carbocycles. The van der Waals surface area contributed by atoms with Crippen molar-refractivity contribution in [3.63, 3.8) is 0 Å². The van der Waals surface area contributed by atoms with Crippen LogP contribution in [0, 0.1) is 0 Å². The molecule has 8 heteroatoms. The SMILES string of the molecule is CC(C)N(C)S(=O)(=O)c1ccc(CNC(=O)C2(c3ccc4c(c3)OCCO4)CCCC2)cc1. The number of carbonyl (C=O) groups is 1. The summed E-state index contributed by atoms with van der Waals surface area (Å²) in [4.78, 5) is 13.7. The zero-order valence-electron chi connectivity index (χ0n) is 19.5. The highest BCUT2D eigenvalue weighted by Gasteiger charge is 2.43. The van der Waals surface area contributed by atoms with E-state index in [2.05, 4.69) is 5.32 Å². The van der Waals surface area contributed by atoms with Crippen LogP contribution in [-0.2, 0) is 26.8 Å². The molecule has 1 amide bonds. The lowest BCUT2D eigenvalue weighted by molar-refractivity contribution is -0.126. The molecule has 0 bridgehead atoms. The normalized spacial score (nSPS) is 17.4. The summed E-state index contributed by atoms with van der Waals surface area (Å²) in [7, 11) is -1.95. The summed E-state index contributed by atoms with van der Waals surface area (Å²) in [5.74, 6) is 1.41. The van der Waals surface area contributed by atoms with Crippen molar-refractivity contribution in [1.29, 1.82) is 0 Å². The lowest BCUT2D eigenvalue weighted by Gasteiger charge is -2.30. The van der Waals surface area contributed by atoms with E-state index < -0.39 is 15.4 Å². The van der Waals surface area contributed by atoms with Crippen molar-refractivity contribution in [1.82, 2.24) is 9.62 Å². The number of sulfonamides is 1. The first-order valence-corrected chi connectivity index (χ1v) is 12.9. The predicted octanol–water partition coefficient (Wildman–Crippen LogP) is 3.61. The van der Waals surface area contributed by atoms with Gasteiger partial charge in [0.05, 0.1) is 10.3 Å². The first kappa shape index (κ1) is 23.6. The molecule has 178 valence electrons. The maximum absolute atomic E-state index is 13.4. The van der Waals surface area contributed by atoms with Crippen molar-refractivity contribution < 1.29 is 22.7 Å². The molecule has 2 aromatic carbocycles. The van der Waals surface area contributed by atoms with E-state index in [1.807, 2.05) is 32.0 Å². The molecule has 33 heavy (non-hydrogen) atoms. The minimum absolute atomic E-state index is 0.00656. The molecule has 2 aromatic rings. The molecule has 7 nitrogen and oxygen atoms in total. The summed E-state index contributed by atoms with van der Waals surface area (Å²) in [5.41, 5.74) is 1.23. The molecular weight excluding hydrogens is 440 g/mol. The number of nitrogens with one attached hydrogen (secondary N) is 1. The minimum Gasteiger partial charge on any atom is -0.486 e. The fourth-order valence-electron chi connectivity index (χ4n) is 4.54. The molecule has 4 rings (SSSR count). The average molecular weight is 473 g/mol. The zero-order valence-corrected chi connectivity index (χ0v) is 20.3. The molecule has 0 radical (unpaired) electrons. The molecule has 0 aromatic heterocycles. The molecule has 0 spiro atoms. The monoisotopic (exact) mass is 472 g/mol. The Labute approximate surface area is 196 Å². The largest absolute Gasteiger partial charge is 0.486 e. The topological polar surface area (TPSA) is 84.9 Å². The van der Waals surface area contributed by atoms with Crippen LogP contribution in [0.5, 0.6) is 11.5 Å². The van der Waals surface area contributed by atoms with Crippen molar-refractivity contribution >= 4 is 15.9 Å². The van der Waals surface area contributed by atoms with E-state index in [0.717, 1.165) is 42.6 Å². The predicted molar refractivity (Wildman–Crippen MR) is 126 cm³/mol. The van der Waals surface area contributed by atoms with E-state index in [1.54, 1.807) is 31.3 Å². The van der Waals surface area contributed by atoms with Crippen LogP contribution in [0.25, 0.3) is 0 Å². The third kappa shape index (κ3) is 4.59. The van der Waals surface area contributed by atoms with Gasteiger partial charge >= 0.3 is 0 Å². The van der Waals surface area contributed by atoms with Crippen molar-refractivity contribution in [3.05, 3.63) is 53.6 Å². The first-order chi connectivity index (χ1) is 15.7. The molecule has 1 fully saturated rings. The van der Waals surface area contributed by atoms with Gasteiger partial charge in [-0.1, -0.05) is 31.0 Å². The first-order valence-electron chi connectivity index (χ1n) is 11.5. The maximum atomic E-state index is 13.4. The van der Waals surface area contributed by atoms with Gasteiger partial charge in [0.1, 0.15) is 13.2 Å². The fourth-order valence-corrected chi connectivity index (χ4v) is 5.91. The van der Waals surface area contributed by atoms with Crippen LogP contribution >= 0.6 is 0 Å². The second kappa shape index (κ2) is 9.35. The quantitative estimate of drug-likeness (QED) is 0.665. The van der Waals surface area contributed by atoms with E-state index in [4.69, 9.17) is 9.47 Å². The Morgan fingerprint density at radius 2 is 1.67 bits per heavy atom. The molecular formula is C25H32N2O5S. The Kier molecular flexibility index (Phi) is 6.68. The van der Waals surface area contributed by atoms with Gasteiger partial charge in [0.25, 0.3) is 0 Å². The Balaban J connectivity index is 1.48. The van der Waals surface area contributed by atoms with Crippen LogP contribution in [0.4, 0.5) is 0 Å². The number of carbonyl (C=O) groups excluding carboxylic acids is 1. The fraction of sp³-hybridized carbons (Fsp3) is 0.480. The van der Waals surface area contributed by atoms with Gasteiger partial charge < -0.3 is 14.8 Å². The number of amides is 1. The van der Waals surface area contributed by atoms with Gasteiger partial charge in [-0.3, -0.25) is 4.79 Å². The molecule has 0 unspecified atom stereocenters. The summed E-state index contributed by atoms with van der Waals surface area (Å²) >= 11 is 0. The van der Waals surface area contributed by atoms with Crippen LogP contribution in [0.3, 0.4) is 0 Å². The van der Waals surface area contributed by atoms with Crippen LogP contribution in [0.15, 0.2) is 47.4 Å². The standard InChI is InChI=1S/C25H32N2O5S/c1-18(2)27(3)33(29,30)21-9-6-19(7-10-21)17-26-24(28)25(12-4-5-13-25)20-8-11-22-23(16-20)32-15-14-31-22/h6-11,16,18H,4-5,12-15,17H2,1-3H3,(H,26,28). The Morgan fingerprint density at radius 1 is 1.03 bits per heavy atom. The maximum Gasteiger partial charge on any atom is 0.243 e. The summed E-state index contributed by atoms with van der Waals surface area (Å²) in [6, 6.07) is 12.4. The molecule has 1 N–H and O–H groups in total. The number of nitrogens with zero attached hydrogens (tertiary/aromatic N) is 1. The van der Waals surface area contributed by atoms with Gasteiger partial charge in [0.15, 0.2) is 11.5 Å². The van der Waals surface area contributed by atoms with E-state index in [-0.39, 0.29) is 16.8 Å². The highest BCUT2D eigenvalue weighted by atomic mass is 32.2. The molecule has 1 aliphatic heterocycles. The highest BCUT2D eigenvalue weighted by Crippen LogP contribution is 2.44. The van der Waals surface area contributed by atoms with Crippen LogP contribution in [-0.4, -0.2) is 44.9 Å². The van der Waals surface area contributed by atoms with E-state index in [0.29, 0.717) is 25.5 Å². The van der Waals surface area contributed by atoms with Gasteiger partial charge in [-0.15, -0.1) is 0 Å². The second-order valence-electron chi connectivity index (χ2n) is 9.09. The van der Waals surface area contributed by atoms with Crippen molar-refractivity contribution in [2.24, 2.45) is 0 Å². The molecule has 0 atom stereocenters. The van der Waals surface area contributed by atoms with Gasteiger partial charge in [-0.25, -0.2) is 8.42 Å². The van der Waals surface area contributed by atoms with Crippen LogP contribution < -0.4 is 14.8 Å². The second-order valence-corrected chi connectivity index (χ2v) is 11.1. The summed E-state index contributed by atoms with van der Waals surface area (Å²) < 4.78 is 38.0. The lowest BCUT2D eigenvalue weighted by atomic mass is 9.77. The number of ether oxygens (including phenoxy) is 2. The minimum atomic E-state index is -3.53. The van der Waals surface area contributed by atoms with Crippen molar-refractivity contribution in [2.45, 2.75) is 62.4 Å². The lowest BCUT2D eigenvalue weighted by Crippen LogP contribution is -2.42. The number of hydrogen-bond acceptors (Lipinski definition) is 5. The number of rotatable bonds is 7. The van der Waals surface area contributed by atoms with E-state index in [1.165, 1.54) is 4.31 Å². The van der Waals surface area contributed by atoms with Gasteiger partial charge in [-0.05, 0) is 62.1 Å². The van der Waals surface area contributed by atoms with Crippen molar-refractivity contribution in [2.75, 3.05) is 20.3 Å². The van der Waals surface area contributed by atoms with Gasteiger partial charge in [0.2, 0.25) is 15.9 Å². The molecule has 1 saturated carbocycles.